The monoisotopic (exact) mass is 1220 g/mol. The lowest BCUT2D eigenvalue weighted by molar-refractivity contribution is -0.337. The Morgan fingerprint density at radius 2 is 1.12 bits per heavy atom. The predicted molar refractivity (Wildman–Crippen MR) is 344 cm³/mol. The molecule has 6 aliphatic rings. The maximum absolute atomic E-state index is 7.85. The topological polar surface area (TPSA) is 111 Å². The van der Waals surface area contributed by atoms with E-state index in [-0.39, 0.29) is 89.7 Å². The SMILES string of the molecule is C[C@@H]1C[C@H](O[Si](C)(C)C(C)(C)C)[C@@H](CC2=C[C@@H](C)[C@H](OCc3ccccc3)[C@@H]3O[C@]4(C[C@H](OCc5ccccc5)CO4)[C@@H](C)[C@H](C)[C@H]3O2)O[C@H]2C[C@H]3O[C@@H](CCOCc4ccccc4)[C@H](OCc4ccccc4)C[C@@H](OCc4ccccc4)[C@]3(C)O[C@@H]2C1. The van der Waals surface area contributed by atoms with E-state index in [2.05, 4.69) is 196 Å². The fourth-order valence-corrected chi connectivity index (χ4v) is 15.5. The van der Waals surface area contributed by atoms with Crippen LogP contribution in [-0.4, -0.2) is 106 Å². The molecule has 88 heavy (non-hydrogen) atoms. The minimum atomic E-state index is -2.37. The molecule has 5 aromatic rings. The van der Waals surface area contributed by atoms with Gasteiger partial charge < -0.3 is 56.5 Å². The van der Waals surface area contributed by atoms with Crippen molar-refractivity contribution < 1.29 is 56.5 Å². The van der Waals surface area contributed by atoms with E-state index < -0.39 is 31.9 Å². The molecular formula is C75H100O12Si. The fraction of sp³-hybridized carbons (Fsp3) is 0.573. The van der Waals surface area contributed by atoms with Crippen LogP contribution in [0.5, 0.6) is 0 Å². The summed E-state index contributed by atoms with van der Waals surface area (Å²) in [6.45, 7) is 26.4. The van der Waals surface area contributed by atoms with Gasteiger partial charge in [0, 0.05) is 50.0 Å². The van der Waals surface area contributed by atoms with Crippen molar-refractivity contribution in [1.82, 2.24) is 0 Å². The number of benzene rings is 5. The van der Waals surface area contributed by atoms with Crippen LogP contribution in [0.1, 0.15) is 128 Å². The third-order valence-electron chi connectivity index (χ3n) is 20.6. The molecule has 5 saturated heterocycles. The summed E-state index contributed by atoms with van der Waals surface area (Å²) in [6.07, 6.45) is 2.89. The Balaban J connectivity index is 0.903. The zero-order chi connectivity index (χ0) is 61.5. The number of ether oxygens (including phenoxy) is 11. The van der Waals surface area contributed by atoms with Gasteiger partial charge >= 0.3 is 0 Å². The molecular weight excluding hydrogens is 1120 g/mol. The largest absolute Gasteiger partial charge is 0.492 e. The Labute approximate surface area is 526 Å². The molecule has 0 N–H and O–H groups in total. The molecule has 5 aromatic carbocycles. The van der Waals surface area contributed by atoms with Gasteiger partial charge in [0.05, 0.1) is 106 Å². The van der Waals surface area contributed by atoms with Crippen LogP contribution in [-0.2, 0) is 89.6 Å². The Morgan fingerprint density at radius 1 is 0.568 bits per heavy atom. The zero-order valence-electron chi connectivity index (χ0n) is 54.0. The summed E-state index contributed by atoms with van der Waals surface area (Å²) < 4.78 is 87.1. The van der Waals surface area contributed by atoms with Crippen molar-refractivity contribution in [3.8, 4) is 0 Å². The lowest BCUT2D eigenvalue weighted by atomic mass is 9.76. The molecule has 12 nitrogen and oxygen atoms in total. The van der Waals surface area contributed by atoms with Crippen LogP contribution in [0.15, 0.2) is 163 Å². The molecule has 0 bridgehead atoms. The number of hydrogen-bond donors (Lipinski definition) is 0. The second-order valence-electron chi connectivity index (χ2n) is 28.1. The molecule has 0 radical (unpaired) electrons. The summed E-state index contributed by atoms with van der Waals surface area (Å²) in [4.78, 5) is 0. The summed E-state index contributed by atoms with van der Waals surface area (Å²) in [5, 5.41) is -0.0403. The molecule has 6 aliphatic heterocycles. The van der Waals surface area contributed by atoms with E-state index in [4.69, 9.17) is 56.5 Å². The first kappa shape index (κ1) is 64.9. The molecule has 6 heterocycles. The van der Waals surface area contributed by atoms with Crippen LogP contribution < -0.4 is 0 Å². The maximum Gasteiger partial charge on any atom is 0.192 e. The van der Waals surface area contributed by atoms with Crippen LogP contribution >= 0.6 is 0 Å². The zero-order valence-corrected chi connectivity index (χ0v) is 55.0. The molecule has 476 valence electrons. The first-order valence-corrected chi connectivity index (χ1v) is 35.9. The van der Waals surface area contributed by atoms with E-state index in [9.17, 15) is 0 Å². The maximum atomic E-state index is 7.85. The van der Waals surface area contributed by atoms with Crippen LogP contribution in [0.25, 0.3) is 0 Å². The smallest absolute Gasteiger partial charge is 0.192 e. The van der Waals surface area contributed by atoms with E-state index in [0.717, 1.165) is 46.4 Å². The van der Waals surface area contributed by atoms with Gasteiger partial charge in [0.2, 0.25) is 0 Å². The lowest BCUT2D eigenvalue weighted by Crippen LogP contribution is -2.63. The van der Waals surface area contributed by atoms with Gasteiger partial charge in [-0.3, -0.25) is 0 Å². The van der Waals surface area contributed by atoms with Crippen molar-refractivity contribution in [2.75, 3.05) is 13.2 Å². The van der Waals surface area contributed by atoms with Crippen molar-refractivity contribution >= 4 is 8.32 Å². The van der Waals surface area contributed by atoms with Gasteiger partial charge in [0.1, 0.15) is 17.8 Å². The Hall–Kier alpha value is -4.58. The average Bonchev–Trinajstić information content (AvgIpc) is 1.56. The van der Waals surface area contributed by atoms with Crippen molar-refractivity contribution in [3.05, 3.63) is 191 Å². The van der Waals surface area contributed by atoms with Gasteiger partial charge in [-0.05, 0) is 84.1 Å². The van der Waals surface area contributed by atoms with Crippen LogP contribution in [0, 0.1) is 23.7 Å². The second kappa shape index (κ2) is 28.9. The minimum Gasteiger partial charge on any atom is -0.492 e. The molecule has 11 rings (SSSR count). The highest BCUT2D eigenvalue weighted by molar-refractivity contribution is 6.74. The fourth-order valence-electron chi connectivity index (χ4n) is 14.2. The highest BCUT2D eigenvalue weighted by Gasteiger charge is 2.61. The molecule has 0 aliphatic carbocycles. The second-order valence-corrected chi connectivity index (χ2v) is 32.9. The lowest BCUT2D eigenvalue weighted by Gasteiger charge is -2.53. The number of rotatable bonds is 21. The van der Waals surface area contributed by atoms with E-state index in [0.29, 0.717) is 78.4 Å². The first-order chi connectivity index (χ1) is 42.4. The van der Waals surface area contributed by atoms with E-state index in [1.807, 2.05) is 30.3 Å². The quantitative estimate of drug-likeness (QED) is 0.0515. The molecule has 13 heteroatoms. The van der Waals surface area contributed by atoms with Gasteiger partial charge in [-0.25, -0.2) is 0 Å². The molecule has 5 fully saturated rings. The third-order valence-corrected chi connectivity index (χ3v) is 25.1. The Bertz CT molecular complexity index is 2950. The average molecular weight is 1220 g/mol. The van der Waals surface area contributed by atoms with Crippen LogP contribution in [0.3, 0.4) is 0 Å². The number of fused-ring (bicyclic) bond motifs is 3. The molecule has 1 spiro atoms. The van der Waals surface area contributed by atoms with Crippen molar-refractivity contribution in [3.63, 3.8) is 0 Å². The molecule has 0 aromatic heterocycles. The Kier molecular flexibility index (Phi) is 21.3. The predicted octanol–water partition coefficient (Wildman–Crippen LogP) is 15.3. The number of hydrogen-bond acceptors (Lipinski definition) is 12. The van der Waals surface area contributed by atoms with Crippen molar-refractivity contribution in [1.29, 1.82) is 0 Å². The van der Waals surface area contributed by atoms with Crippen LogP contribution in [0.4, 0.5) is 0 Å². The highest BCUT2D eigenvalue weighted by atomic mass is 28.4. The van der Waals surface area contributed by atoms with Gasteiger partial charge in [0.25, 0.3) is 0 Å². The summed E-state index contributed by atoms with van der Waals surface area (Å²) in [6, 6.07) is 52.0. The Morgan fingerprint density at radius 3 is 1.72 bits per heavy atom. The summed E-state index contributed by atoms with van der Waals surface area (Å²) in [5.74, 6) is 0.139. The van der Waals surface area contributed by atoms with E-state index in [1.165, 1.54) is 0 Å². The molecule has 0 unspecified atom stereocenters. The highest BCUT2D eigenvalue weighted by Crippen LogP contribution is 2.51. The first-order valence-electron chi connectivity index (χ1n) is 33.0. The summed E-state index contributed by atoms with van der Waals surface area (Å²) in [7, 11) is -2.37. The molecule has 0 amide bonds. The van der Waals surface area contributed by atoms with E-state index >= 15 is 0 Å². The van der Waals surface area contributed by atoms with Crippen molar-refractivity contribution in [2.24, 2.45) is 23.7 Å². The summed E-state index contributed by atoms with van der Waals surface area (Å²) >= 11 is 0. The van der Waals surface area contributed by atoms with Crippen molar-refractivity contribution in [2.45, 2.75) is 236 Å². The molecule has 0 saturated carbocycles. The van der Waals surface area contributed by atoms with E-state index in [1.54, 1.807) is 0 Å². The molecule has 18 atom stereocenters. The van der Waals surface area contributed by atoms with Crippen LogP contribution in [0.2, 0.25) is 18.1 Å². The third kappa shape index (κ3) is 15.7. The van der Waals surface area contributed by atoms with Gasteiger partial charge in [-0.2, -0.15) is 0 Å². The van der Waals surface area contributed by atoms with Gasteiger partial charge in [-0.1, -0.05) is 200 Å². The van der Waals surface area contributed by atoms with Gasteiger partial charge in [0.15, 0.2) is 14.1 Å². The minimum absolute atomic E-state index is 0.0196. The van der Waals surface area contributed by atoms with Gasteiger partial charge in [-0.15, -0.1) is 0 Å². The summed E-state index contributed by atoms with van der Waals surface area (Å²) in [5.41, 5.74) is 4.72. The normalized spacial score (nSPS) is 34.4. The standard InChI is InChI=1S/C75H100O12Si/c1-51-38-66-65(43-69-74(8,85-66)68(79-48-58-32-22-14-23-33-58)42-63(78-47-57-30-20-13-21-31-57)62(84-69)36-37-76-45-55-26-16-11-17-27-55)83-64(67(39-51)87-88(9,10)73(5,6)7)41-60-40-52(2)70(80-49-59-34-24-15-25-35-59)72-71(82-60)53(3)54(4)75(86-72)44-61(50-81-75)77-46-56-28-18-12-19-29-56/h11-35,40,51-54,61-72H,36-39,41-50H2,1-10H3/t51-,52+,53-,54-,61-,62-,63+,64+,65-,66+,67-,68+,69+,70-,71+,72-,74-,75+/m0/s1.